The van der Waals surface area contributed by atoms with E-state index in [0.717, 1.165) is 0 Å². The molecule has 8 nitrogen and oxygen atoms in total. The van der Waals surface area contributed by atoms with Gasteiger partial charge in [0.25, 0.3) is 5.91 Å². The Bertz CT molecular complexity index is 660. The lowest BCUT2D eigenvalue weighted by atomic mass is 9.77. The topological polar surface area (TPSA) is 95.7 Å². The van der Waals surface area contributed by atoms with Gasteiger partial charge in [-0.3, -0.25) is 19.1 Å². The highest BCUT2D eigenvalue weighted by Gasteiger charge is 2.55. The maximum atomic E-state index is 12.5. The van der Waals surface area contributed by atoms with Crippen molar-refractivity contribution in [3.63, 3.8) is 0 Å². The van der Waals surface area contributed by atoms with Gasteiger partial charge in [0, 0.05) is 39.8 Å². The molecule has 1 spiro atoms. The van der Waals surface area contributed by atoms with Crippen LogP contribution < -0.4 is 0 Å². The molecule has 2 fully saturated rings. The lowest BCUT2D eigenvalue weighted by molar-refractivity contribution is -0.145. The van der Waals surface area contributed by atoms with Crippen LogP contribution >= 0.6 is 0 Å². The number of carbonyl (C=O) groups excluding carboxylic acids is 2. The quantitative estimate of drug-likeness (QED) is 0.825. The molecule has 0 aliphatic carbocycles. The third kappa shape index (κ3) is 2.29. The molecule has 0 saturated carbocycles. The summed E-state index contributed by atoms with van der Waals surface area (Å²) < 4.78 is 1.53. The molecule has 2 aliphatic heterocycles. The van der Waals surface area contributed by atoms with E-state index >= 15 is 0 Å². The summed E-state index contributed by atoms with van der Waals surface area (Å²) in [5, 5.41) is 13.5. The molecule has 0 unspecified atom stereocenters. The Morgan fingerprint density at radius 2 is 1.96 bits per heavy atom. The summed E-state index contributed by atoms with van der Waals surface area (Å²) in [5.41, 5.74) is -0.168. The predicted molar refractivity (Wildman–Crippen MR) is 79.6 cm³/mol. The van der Waals surface area contributed by atoms with Gasteiger partial charge in [-0.25, -0.2) is 0 Å². The molecule has 8 heteroatoms. The van der Waals surface area contributed by atoms with Crippen molar-refractivity contribution in [3.8, 4) is 0 Å². The number of carbonyl (C=O) groups is 3. The summed E-state index contributed by atoms with van der Waals surface area (Å²) in [6.45, 7) is 0.872. The number of aliphatic carboxylic acids is 1. The van der Waals surface area contributed by atoms with Gasteiger partial charge in [-0.15, -0.1) is 0 Å². The van der Waals surface area contributed by atoms with E-state index in [1.165, 1.54) is 4.68 Å². The number of amides is 2. The number of carboxylic acids is 1. The van der Waals surface area contributed by atoms with Crippen molar-refractivity contribution >= 4 is 17.8 Å². The molecule has 2 aliphatic rings. The number of aromatic nitrogens is 2. The van der Waals surface area contributed by atoms with Crippen molar-refractivity contribution in [1.29, 1.82) is 0 Å². The lowest BCUT2D eigenvalue weighted by Gasteiger charge is -2.45. The van der Waals surface area contributed by atoms with Crippen molar-refractivity contribution in [2.24, 2.45) is 13.0 Å². The highest BCUT2D eigenvalue weighted by atomic mass is 16.4. The van der Waals surface area contributed by atoms with Gasteiger partial charge in [-0.1, -0.05) is 0 Å². The van der Waals surface area contributed by atoms with E-state index in [-0.39, 0.29) is 18.2 Å². The van der Waals surface area contributed by atoms with Crippen LogP contribution in [0.25, 0.3) is 0 Å². The number of hydrogen-bond donors (Lipinski definition) is 1. The molecule has 0 aromatic carbocycles. The Labute approximate surface area is 133 Å². The number of aryl methyl sites for hydroxylation is 1. The summed E-state index contributed by atoms with van der Waals surface area (Å²) in [6.07, 6.45) is 2.58. The molecule has 1 atom stereocenters. The predicted octanol–water partition coefficient (Wildman–Crippen LogP) is -0.0422. The summed E-state index contributed by atoms with van der Waals surface area (Å²) in [4.78, 5) is 39.3. The van der Waals surface area contributed by atoms with Crippen LogP contribution in [0.1, 0.15) is 29.8 Å². The molecule has 0 bridgehead atoms. The normalized spacial score (nSPS) is 23.6. The zero-order chi connectivity index (χ0) is 16.8. The highest BCUT2D eigenvalue weighted by molar-refractivity contribution is 5.93. The van der Waals surface area contributed by atoms with Gasteiger partial charge in [-0.05, 0) is 18.9 Å². The minimum Gasteiger partial charge on any atom is -0.481 e. The van der Waals surface area contributed by atoms with E-state index in [9.17, 15) is 19.5 Å². The van der Waals surface area contributed by atoms with E-state index in [0.29, 0.717) is 31.6 Å². The van der Waals surface area contributed by atoms with E-state index in [2.05, 4.69) is 5.10 Å². The molecule has 3 rings (SSSR count). The van der Waals surface area contributed by atoms with Gasteiger partial charge in [-0.2, -0.15) is 5.10 Å². The van der Waals surface area contributed by atoms with Crippen LogP contribution in [0.2, 0.25) is 0 Å². The average Bonchev–Trinajstić information content (AvgIpc) is 3.05. The SMILES string of the molecule is CN1C(=O)C[C@H](C(=O)O)C12CCN(C(=O)c1ccnn1C)CC2. The molecule has 2 amide bonds. The van der Waals surface area contributed by atoms with Crippen molar-refractivity contribution in [1.82, 2.24) is 19.6 Å². The maximum absolute atomic E-state index is 12.5. The van der Waals surface area contributed by atoms with Crippen molar-refractivity contribution in [2.45, 2.75) is 24.8 Å². The molecule has 1 aromatic rings. The maximum Gasteiger partial charge on any atom is 0.309 e. The van der Waals surface area contributed by atoms with Gasteiger partial charge >= 0.3 is 5.97 Å². The molecule has 23 heavy (non-hydrogen) atoms. The van der Waals surface area contributed by atoms with Gasteiger partial charge < -0.3 is 14.9 Å². The first-order chi connectivity index (χ1) is 10.9. The van der Waals surface area contributed by atoms with Gasteiger partial charge in [0.1, 0.15) is 5.69 Å². The monoisotopic (exact) mass is 320 g/mol. The standard InChI is InChI=1S/C15H20N4O4/c1-17-12(20)9-10(14(22)23)15(17)4-7-19(8-5-15)13(21)11-3-6-16-18(11)2/h3,6,10H,4-5,7-9H2,1-2H3,(H,22,23)/t10-/m1/s1. The molecule has 1 N–H and O–H groups in total. The van der Waals surface area contributed by atoms with E-state index in [1.54, 1.807) is 36.2 Å². The van der Waals surface area contributed by atoms with Crippen LogP contribution in [0.3, 0.4) is 0 Å². The minimum atomic E-state index is -0.936. The van der Waals surface area contributed by atoms with Crippen molar-refractivity contribution < 1.29 is 19.5 Å². The molecule has 124 valence electrons. The number of likely N-dealkylation sites (tertiary alicyclic amines) is 2. The van der Waals surface area contributed by atoms with E-state index < -0.39 is 17.4 Å². The highest BCUT2D eigenvalue weighted by Crippen LogP contribution is 2.42. The Hall–Kier alpha value is -2.38. The van der Waals surface area contributed by atoms with Crippen LogP contribution in [0.5, 0.6) is 0 Å². The van der Waals surface area contributed by atoms with Crippen LogP contribution in [-0.4, -0.2) is 68.1 Å². The fraction of sp³-hybridized carbons (Fsp3) is 0.600. The first kappa shape index (κ1) is 15.5. The van der Waals surface area contributed by atoms with Gasteiger partial charge in [0.15, 0.2) is 0 Å². The number of nitrogens with zero attached hydrogens (tertiary/aromatic N) is 4. The zero-order valence-electron chi connectivity index (χ0n) is 13.2. The number of carboxylic acid groups (broad SMARTS) is 1. The Kier molecular flexibility index (Phi) is 3.62. The second-order valence-corrected chi connectivity index (χ2v) is 6.28. The molecular weight excluding hydrogens is 300 g/mol. The van der Waals surface area contributed by atoms with Crippen molar-refractivity contribution in [3.05, 3.63) is 18.0 Å². The molecule has 3 heterocycles. The smallest absolute Gasteiger partial charge is 0.309 e. The van der Waals surface area contributed by atoms with Crippen LogP contribution in [0, 0.1) is 5.92 Å². The van der Waals surface area contributed by atoms with E-state index in [4.69, 9.17) is 0 Å². The molecule has 2 saturated heterocycles. The fourth-order valence-corrected chi connectivity index (χ4v) is 3.83. The van der Waals surface area contributed by atoms with Crippen LogP contribution in [-0.2, 0) is 16.6 Å². The fourth-order valence-electron chi connectivity index (χ4n) is 3.83. The summed E-state index contributed by atoms with van der Waals surface area (Å²) in [7, 11) is 3.38. The summed E-state index contributed by atoms with van der Waals surface area (Å²) in [6, 6.07) is 1.66. The first-order valence-electron chi connectivity index (χ1n) is 7.63. The van der Waals surface area contributed by atoms with E-state index in [1.807, 2.05) is 0 Å². The number of piperidine rings is 1. The average molecular weight is 320 g/mol. The van der Waals surface area contributed by atoms with Crippen molar-refractivity contribution in [2.75, 3.05) is 20.1 Å². The third-order valence-corrected chi connectivity index (χ3v) is 5.32. The second-order valence-electron chi connectivity index (χ2n) is 6.28. The van der Waals surface area contributed by atoms with Crippen LogP contribution in [0.4, 0.5) is 0 Å². The minimum absolute atomic E-state index is 0.0432. The lowest BCUT2D eigenvalue weighted by Crippen LogP contribution is -2.57. The molecule has 1 aromatic heterocycles. The third-order valence-electron chi connectivity index (χ3n) is 5.32. The molecular formula is C15H20N4O4. The van der Waals surface area contributed by atoms with Crippen LogP contribution in [0.15, 0.2) is 12.3 Å². The largest absolute Gasteiger partial charge is 0.481 e. The summed E-state index contributed by atoms with van der Waals surface area (Å²) in [5.74, 6) is -1.88. The number of hydrogen-bond acceptors (Lipinski definition) is 4. The zero-order valence-corrected chi connectivity index (χ0v) is 13.2. The Morgan fingerprint density at radius 1 is 1.30 bits per heavy atom. The van der Waals surface area contributed by atoms with Gasteiger partial charge in [0.2, 0.25) is 5.91 Å². The van der Waals surface area contributed by atoms with Gasteiger partial charge in [0.05, 0.1) is 11.5 Å². The number of rotatable bonds is 2. The molecule has 0 radical (unpaired) electrons. The second kappa shape index (κ2) is 5.36. The first-order valence-corrected chi connectivity index (χ1v) is 7.63. The Balaban J connectivity index is 1.77. The summed E-state index contributed by atoms with van der Waals surface area (Å²) >= 11 is 0. The Morgan fingerprint density at radius 3 is 2.48 bits per heavy atom.